The van der Waals surface area contributed by atoms with Gasteiger partial charge in [-0.25, -0.2) is 9.18 Å². The molecule has 162 valence electrons. The number of urea groups is 1. The zero-order valence-corrected chi connectivity index (χ0v) is 16.6. The van der Waals surface area contributed by atoms with Crippen LogP contribution in [0.4, 0.5) is 33.7 Å². The van der Waals surface area contributed by atoms with Crippen LogP contribution in [0.2, 0.25) is 0 Å². The van der Waals surface area contributed by atoms with Crippen LogP contribution < -0.4 is 9.80 Å². The molecule has 4 rings (SSSR count). The molecule has 2 saturated heterocycles. The lowest BCUT2D eigenvalue weighted by molar-refractivity contribution is -0.137. The molecule has 5 nitrogen and oxygen atoms in total. The minimum Gasteiger partial charge on any atom is -0.379 e. The molecule has 0 unspecified atom stereocenters. The van der Waals surface area contributed by atoms with E-state index in [1.54, 1.807) is 12.1 Å². The van der Waals surface area contributed by atoms with E-state index in [1.165, 1.54) is 28.0 Å². The van der Waals surface area contributed by atoms with E-state index in [-0.39, 0.29) is 18.3 Å². The number of carbonyl (C=O) groups is 1. The van der Waals surface area contributed by atoms with Crippen LogP contribution >= 0.6 is 0 Å². The molecular weight excluding hydrogens is 414 g/mol. The van der Waals surface area contributed by atoms with Crippen molar-refractivity contribution in [2.45, 2.75) is 38.0 Å². The highest BCUT2D eigenvalue weighted by molar-refractivity contribution is 6.07. The Balaban J connectivity index is 1.78. The summed E-state index contributed by atoms with van der Waals surface area (Å²) >= 11 is 0. The van der Waals surface area contributed by atoms with Crippen molar-refractivity contribution in [1.82, 2.24) is 0 Å². The average molecular weight is 433 g/mol. The highest BCUT2D eigenvalue weighted by Gasteiger charge is 2.49. The van der Waals surface area contributed by atoms with Gasteiger partial charge in [-0.2, -0.15) is 18.4 Å². The summed E-state index contributed by atoms with van der Waals surface area (Å²) in [6.07, 6.45) is -3.78. The first kappa shape index (κ1) is 21.1. The highest BCUT2D eigenvalue weighted by Crippen LogP contribution is 2.40. The van der Waals surface area contributed by atoms with Crippen molar-refractivity contribution in [3.63, 3.8) is 0 Å². The molecule has 2 atom stereocenters. The number of amides is 2. The van der Waals surface area contributed by atoms with E-state index in [2.05, 4.69) is 0 Å². The lowest BCUT2D eigenvalue weighted by Crippen LogP contribution is -2.45. The number of halogens is 4. The monoisotopic (exact) mass is 433 g/mol. The van der Waals surface area contributed by atoms with Crippen molar-refractivity contribution in [2.75, 3.05) is 23.0 Å². The molecule has 0 N–H and O–H groups in total. The zero-order chi connectivity index (χ0) is 22.3. The van der Waals surface area contributed by atoms with Gasteiger partial charge in [-0.15, -0.1) is 0 Å². The number of hydrogen-bond acceptors (Lipinski definition) is 3. The molecule has 0 aliphatic carbocycles. The minimum atomic E-state index is -4.74. The molecule has 9 heteroatoms. The van der Waals surface area contributed by atoms with E-state index in [0.29, 0.717) is 30.7 Å². The van der Waals surface area contributed by atoms with Gasteiger partial charge in [0.25, 0.3) is 0 Å². The number of ether oxygens (including phenoxy) is 1. The summed E-state index contributed by atoms with van der Waals surface area (Å²) in [6, 6.07) is 7.80. The number of nitriles is 1. The number of benzene rings is 2. The first-order chi connectivity index (χ1) is 14.8. The first-order valence-corrected chi connectivity index (χ1v) is 9.86. The van der Waals surface area contributed by atoms with Gasteiger partial charge in [0.15, 0.2) is 0 Å². The fourth-order valence-corrected chi connectivity index (χ4v) is 4.25. The van der Waals surface area contributed by atoms with Gasteiger partial charge in [0, 0.05) is 18.0 Å². The Morgan fingerprint density at radius 3 is 2.45 bits per heavy atom. The molecule has 2 amide bonds. The quantitative estimate of drug-likeness (QED) is 0.648. The smallest absolute Gasteiger partial charge is 0.379 e. The third-order valence-electron chi connectivity index (χ3n) is 5.77. The Kier molecular flexibility index (Phi) is 5.35. The van der Waals surface area contributed by atoms with Gasteiger partial charge in [0.05, 0.1) is 35.9 Å². The maximum atomic E-state index is 14.4. The summed E-state index contributed by atoms with van der Waals surface area (Å²) in [6.45, 7) is 2.34. The molecule has 2 fully saturated rings. The number of carbonyl (C=O) groups excluding carboxylic acids is 1. The fraction of sp³-hybridized carbons (Fsp3) is 0.364. The topological polar surface area (TPSA) is 56.6 Å². The van der Waals surface area contributed by atoms with Crippen molar-refractivity contribution >= 4 is 17.4 Å². The second-order valence-corrected chi connectivity index (χ2v) is 7.49. The van der Waals surface area contributed by atoms with Crippen LogP contribution in [0.5, 0.6) is 0 Å². The molecule has 0 saturated carbocycles. The van der Waals surface area contributed by atoms with Gasteiger partial charge in [-0.1, -0.05) is 13.0 Å². The van der Waals surface area contributed by atoms with Gasteiger partial charge in [0.2, 0.25) is 0 Å². The van der Waals surface area contributed by atoms with Gasteiger partial charge in [0.1, 0.15) is 5.82 Å². The molecule has 0 bridgehead atoms. The molecule has 2 aliphatic heterocycles. The number of fused-ring (bicyclic) bond motifs is 1. The van der Waals surface area contributed by atoms with Crippen LogP contribution in [0.3, 0.4) is 0 Å². The number of nitrogens with zero attached hydrogens (tertiary/aromatic N) is 3. The SMILES string of the molecule is CCc1ccc(N2C(=O)N(c3ccc(C#N)c(C(F)(F)F)c3)[C@H]3COCC[C@@H]32)cc1F. The normalized spacial score (nSPS) is 21.2. The van der Waals surface area contributed by atoms with Crippen LogP contribution in [0.25, 0.3) is 0 Å². The Morgan fingerprint density at radius 2 is 1.81 bits per heavy atom. The summed E-state index contributed by atoms with van der Waals surface area (Å²) in [5.74, 6) is -0.437. The molecule has 2 aromatic carbocycles. The zero-order valence-electron chi connectivity index (χ0n) is 16.6. The molecule has 2 aliphatic rings. The average Bonchev–Trinajstić information content (AvgIpc) is 3.04. The third-order valence-corrected chi connectivity index (χ3v) is 5.77. The Morgan fingerprint density at radius 1 is 1.13 bits per heavy atom. The molecule has 0 aromatic heterocycles. The standard InChI is InChI=1S/C22H19F4N3O2/c1-2-13-3-5-16(10-18(13)23)28-19-7-8-31-12-20(19)29(21(28)30)15-6-4-14(11-27)17(9-15)22(24,25)26/h3-6,9-10,19-20H,2,7-8,12H2,1H3/t19-,20-/m0/s1. The largest absolute Gasteiger partial charge is 0.417 e. The molecule has 2 heterocycles. The Labute approximate surface area is 176 Å². The molecule has 2 aromatic rings. The van der Waals surface area contributed by atoms with E-state index >= 15 is 0 Å². The predicted octanol–water partition coefficient (Wildman–Crippen LogP) is 4.88. The number of rotatable bonds is 3. The van der Waals surface area contributed by atoms with Crippen molar-refractivity contribution in [3.05, 3.63) is 58.9 Å². The summed E-state index contributed by atoms with van der Waals surface area (Å²) in [7, 11) is 0. The van der Waals surface area contributed by atoms with Crippen molar-refractivity contribution in [3.8, 4) is 6.07 Å². The highest BCUT2D eigenvalue weighted by atomic mass is 19.4. The van der Waals surface area contributed by atoms with E-state index in [4.69, 9.17) is 10.00 Å². The lowest BCUT2D eigenvalue weighted by Gasteiger charge is -2.32. The number of anilines is 2. The summed E-state index contributed by atoms with van der Waals surface area (Å²) in [5, 5.41) is 9.04. The maximum absolute atomic E-state index is 14.4. The Hall–Kier alpha value is -3.12. The maximum Gasteiger partial charge on any atom is 0.417 e. The van der Waals surface area contributed by atoms with E-state index < -0.39 is 35.2 Å². The molecular formula is C22H19F4N3O2. The summed E-state index contributed by atoms with van der Waals surface area (Å²) in [5.41, 5.74) is -0.745. The number of aryl methyl sites for hydroxylation is 1. The second-order valence-electron chi connectivity index (χ2n) is 7.49. The van der Waals surface area contributed by atoms with Crippen molar-refractivity contribution in [1.29, 1.82) is 5.26 Å². The van der Waals surface area contributed by atoms with Crippen molar-refractivity contribution < 1.29 is 27.1 Å². The van der Waals surface area contributed by atoms with Crippen LogP contribution in [0.15, 0.2) is 36.4 Å². The summed E-state index contributed by atoms with van der Waals surface area (Å²) < 4.78 is 60.3. The van der Waals surface area contributed by atoms with Crippen LogP contribution in [-0.2, 0) is 17.3 Å². The van der Waals surface area contributed by atoms with E-state index in [0.717, 1.165) is 12.1 Å². The van der Waals surface area contributed by atoms with Crippen LogP contribution in [0.1, 0.15) is 30.0 Å². The Bertz CT molecular complexity index is 1060. The van der Waals surface area contributed by atoms with E-state index in [1.807, 2.05) is 6.92 Å². The number of alkyl halides is 3. The molecule has 0 spiro atoms. The second kappa shape index (κ2) is 7.85. The number of hydrogen-bond donors (Lipinski definition) is 0. The van der Waals surface area contributed by atoms with Gasteiger partial charge in [-0.05, 0) is 48.7 Å². The minimum absolute atomic E-state index is 0.0185. The predicted molar refractivity (Wildman–Crippen MR) is 105 cm³/mol. The van der Waals surface area contributed by atoms with Gasteiger partial charge in [-0.3, -0.25) is 9.80 Å². The lowest BCUT2D eigenvalue weighted by atomic mass is 10.0. The summed E-state index contributed by atoms with van der Waals surface area (Å²) in [4.78, 5) is 16.1. The van der Waals surface area contributed by atoms with Gasteiger partial charge >= 0.3 is 12.2 Å². The third kappa shape index (κ3) is 3.61. The van der Waals surface area contributed by atoms with E-state index in [9.17, 15) is 22.4 Å². The van der Waals surface area contributed by atoms with Gasteiger partial charge < -0.3 is 4.74 Å². The first-order valence-electron chi connectivity index (χ1n) is 9.86. The fourth-order valence-electron chi connectivity index (χ4n) is 4.25. The van der Waals surface area contributed by atoms with Crippen LogP contribution in [-0.4, -0.2) is 31.3 Å². The molecule has 0 radical (unpaired) electrons. The molecule has 31 heavy (non-hydrogen) atoms. The van der Waals surface area contributed by atoms with Crippen molar-refractivity contribution in [2.24, 2.45) is 0 Å². The van der Waals surface area contributed by atoms with Crippen LogP contribution in [0, 0.1) is 17.1 Å².